The zero-order chi connectivity index (χ0) is 18.0. The number of rotatable bonds is 7. The average molecular weight is 327 g/mol. The number of guanidine groups is 1. The molecule has 0 saturated heterocycles. The Labute approximate surface area is 125 Å². The van der Waals surface area contributed by atoms with Gasteiger partial charge in [-0.15, -0.1) is 0 Å². The van der Waals surface area contributed by atoms with Crippen molar-refractivity contribution in [3.63, 3.8) is 0 Å². The highest BCUT2D eigenvalue weighted by molar-refractivity contribution is 5.80. The topological polar surface area (TPSA) is 229 Å². The van der Waals surface area contributed by atoms with Crippen LogP contribution in [-0.2, 0) is 9.59 Å². The van der Waals surface area contributed by atoms with E-state index >= 15 is 0 Å². The number of nitrogens with two attached hydrogens (primary N) is 1. The minimum Gasteiger partial charge on any atom is -0.480 e. The first-order chi connectivity index (χ1) is 9.95. The third-order valence-electron chi connectivity index (χ3n) is 2.29. The maximum Gasteiger partial charge on any atom is 0.335 e. The van der Waals surface area contributed by atoms with Gasteiger partial charge in [0.05, 0.1) is 6.61 Å². The Morgan fingerprint density at radius 3 is 1.82 bits per heavy atom. The summed E-state index contributed by atoms with van der Waals surface area (Å²) in [6, 6.07) is 0. The average Bonchev–Trinajstić information content (AvgIpc) is 2.43. The van der Waals surface area contributed by atoms with Crippen molar-refractivity contribution in [2.75, 3.05) is 20.2 Å². The quantitative estimate of drug-likeness (QED) is 0.159. The number of aliphatic hydroxyl groups excluding tert-OH is 5. The Morgan fingerprint density at radius 1 is 1.14 bits per heavy atom. The van der Waals surface area contributed by atoms with Crippen LogP contribution in [0.4, 0.5) is 0 Å². The Hall–Kier alpha value is -1.99. The maximum atomic E-state index is 10.1. The fourth-order valence-corrected chi connectivity index (χ4v) is 0.957. The summed E-state index contributed by atoms with van der Waals surface area (Å²) in [4.78, 5) is 21.1. The summed E-state index contributed by atoms with van der Waals surface area (Å²) in [5.41, 5.74) is 4.93. The Morgan fingerprint density at radius 2 is 1.59 bits per heavy atom. The van der Waals surface area contributed by atoms with Crippen LogP contribution in [0, 0.1) is 5.41 Å². The van der Waals surface area contributed by atoms with Gasteiger partial charge in [-0.2, -0.15) is 0 Å². The van der Waals surface area contributed by atoms with Crippen molar-refractivity contribution >= 4 is 17.9 Å². The van der Waals surface area contributed by atoms with E-state index in [-0.39, 0.29) is 12.5 Å². The molecule has 0 aliphatic rings. The van der Waals surface area contributed by atoms with E-state index in [0.717, 1.165) is 4.90 Å². The van der Waals surface area contributed by atoms with Crippen LogP contribution < -0.4 is 5.73 Å². The molecule has 130 valence electrons. The largest absolute Gasteiger partial charge is 0.480 e. The molecule has 0 rings (SSSR count). The number of nitrogens with zero attached hydrogens (tertiary/aromatic N) is 1. The van der Waals surface area contributed by atoms with Gasteiger partial charge < -0.3 is 46.4 Å². The molecule has 0 spiro atoms. The number of nitrogens with one attached hydrogen (secondary N) is 1. The van der Waals surface area contributed by atoms with Gasteiger partial charge in [0, 0.05) is 7.05 Å². The first-order valence-corrected chi connectivity index (χ1v) is 5.78. The van der Waals surface area contributed by atoms with E-state index in [1.165, 1.54) is 7.05 Å². The van der Waals surface area contributed by atoms with E-state index in [9.17, 15) is 9.59 Å². The predicted octanol–water partition coefficient (Wildman–Crippen LogP) is -4.60. The molecular formula is C10H21N3O9. The Kier molecular flexibility index (Phi) is 10.8. The van der Waals surface area contributed by atoms with Crippen LogP contribution in [-0.4, -0.2) is 103 Å². The van der Waals surface area contributed by atoms with Crippen LogP contribution in [0.3, 0.4) is 0 Å². The van der Waals surface area contributed by atoms with Crippen molar-refractivity contribution in [1.82, 2.24) is 4.90 Å². The SMILES string of the molecule is CN(CC(=O)O)C(=N)N.O=C(O)C(O)C(O)C(O)C(O)CO. The smallest absolute Gasteiger partial charge is 0.335 e. The van der Waals surface area contributed by atoms with Crippen LogP contribution in [0.5, 0.6) is 0 Å². The summed E-state index contributed by atoms with van der Waals surface area (Å²) in [6.45, 7) is -1.07. The number of carboxylic acids is 2. The number of hydrogen-bond donors (Lipinski definition) is 9. The molecule has 0 amide bonds. The van der Waals surface area contributed by atoms with E-state index in [4.69, 9.17) is 46.9 Å². The zero-order valence-electron chi connectivity index (χ0n) is 11.7. The summed E-state index contributed by atoms with van der Waals surface area (Å²) in [7, 11) is 1.44. The molecule has 0 aliphatic carbocycles. The molecule has 10 N–H and O–H groups in total. The van der Waals surface area contributed by atoms with Crippen LogP contribution >= 0.6 is 0 Å². The van der Waals surface area contributed by atoms with Crippen LogP contribution in [0.2, 0.25) is 0 Å². The van der Waals surface area contributed by atoms with Gasteiger partial charge in [0.25, 0.3) is 0 Å². The number of aliphatic hydroxyl groups is 5. The van der Waals surface area contributed by atoms with Crippen LogP contribution in [0.25, 0.3) is 0 Å². The summed E-state index contributed by atoms with van der Waals surface area (Å²) < 4.78 is 0. The Balaban J connectivity index is 0. The molecule has 0 saturated carbocycles. The lowest BCUT2D eigenvalue weighted by atomic mass is 10.0. The molecule has 0 bridgehead atoms. The van der Waals surface area contributed by atoms with Crippen molar-refractivity contribution in [2.24, 2.45) is 5.73 Å². The van der Waals surface area contributed by atoms with Crippen molar-refractivity contribution < 1.29 is 45.3 Å². The number of carbonyl (C=O) groups is 2. The van der Waals surface area contributed by atoms with E-state index in [1.807, 2.05) is 0 Å². The molecule has 4 atom stereocenters. The van der Waals surface area contributed by atoms with E-state index < -0.39 is 43.0 Å². The van der Waals surface area contributed by atoms with E-state index in [2.05, 4.69) is 0 Å². The molecule has 0 radical (unpaired) electrons. The van der Waals surface area contributed by atoms with Gasteiger partial charge in [0.15, 0.2) is 12.1 Å². The minimum atomic E-state index is -2.20. The van der Waals surface area contributed by atoms with Crippen molar-refractivity contribution in [1.29, 1.82) is 5.41 Å². The summed E-state index contributed by atoms with van der Waals surface area (Å²) in [5, 5.41) is 66.7. The van der Waals surface area contributed by atoms with Crippen LogP contribution in [0.15, 0.2) is 0 Å². The highest BCUT2D eigenvalue weighted by atomic mass is 16.4. The van der Waals surface area contributed by atoms with Crippen molar-refractivity contribution in [2.45, 2.75) is 24.4 Å². The van der Waals surface area contributed by atoms with Crippen LogP contribution in [0.1, 0.15) is 0 Å². The molecule has 0 aromatic heterocycles. The molecule has 0 aliphatic heterocycles. The highest BCUT2D eigenvalue weighted by Gasteiger charge is 2.33. The van der Waals surface area contributed by atoms with Crippen molar-refractivity contribution in [3.05, 3.63) is 0 Å². The molecule has 12 nitrogen and oxygen atoms in total. The third kappa shape index (κ3) is 9.04. The number of hydrogen-bond acceptors (Lipinski definition) is 8. The monoisotopic (exact) mass is 327 g/mol. The summed E-state index contributed by atoms with van der Waals surface area (Å²) in [5.74, 6) is -2.96. The molecule has 4 unspecified atom stereocenters. The third-order valence-corrected chi connectivity index (χ3v) is 2.29. The van der Waals surface area contributed by atoms with Gasteiger partial charge in [-0.25, -0.2) is 4.79 Å². The molecule has 12 heteroatoms. The molecule has 0 heterocycles. The minimum absolute atomic E-state index is 0.227. The molecule has 0 aromatic carbocycles. The molecular weight excluding hydrogens is 306 g/mol. The van der Waals surface area contributed by atoms with Gasteiger partial charge >= 0.3 is 11.9 Å². The highest BCUT2D eigenvalue weighted by Crippen LogP contribution is 2.04. The summed E-state index contributed by atoms with van der Waals surface area (Å²) in [6.07, 6.45) is -7.84. The molecule has 0 fully saturated rings. The fraction of sp³-hybridized carbons (Fsp3) is 0.700. The van der Waals surface area contributed by atoms with Gasteiger partial charge in [0.2, 0.25) is 0 Å². The number of aliphatic carboxylic acids is 2. The van der Waals surface area contributed by atoms with Gasteiger partial charge in [0.1, 0.15) is 24.9 Å². The van der Waals surface area contributed by atoms with Gasteiger partial charge in [-0.3, -0.25) is 10.2 Å². The lowest BCUT2D eigenvalue weighted by molar-refractivity contribution is -0.164. The zero-order valence-corrected chi connectivity index (χ0v) is 11.7. The molecule has 22 heavy (non-hydrogen) atoms. The summed E-state index contributed by atoms with van der Waals surface area (Å²) >= 11 is 0. The van der Waals surface area contributed by atoms with Gasteiger partial charge in [-0.05, 0) is 0 Å². The normalized spacial score (nSPS) is 15.5. The molecule has 0 aromatic rings. The Bertz CT molecular complexity index is 379. The maximum absolute atomic E-state index is 10.1. The number of likely N-dealkylation sites (N-methyl/N-ethyl adjacent to an activating group) is 1. The standard InChI is InChI=1S/C6H12O7.C4H9N3O2/c7-1-2(8)3(9)4(10)5(11)6(12)13;1-7(4(5)6)2-3(8)9/h2-5,7-11H,1H2,(H,12,13);2H2,1H3,(H3,5,6)(H,8,9). The second-order valence-corrected chi connectivity index (χ2v) is 4.15. The van der Waals surface area contributed by atoms with E-state index in [0.29, 0.717) is 0 Å². The first kappa shape index (κ1) is 22.3. The second-order valence-electron chi connectivity index (χ2n) is 4.15. The first-order valence-electron chi connectivity index (χ1n) is 5.78. The predicted molar refractivity (Wildman–Crippen MR) is 70.9 cm³/mol. The lowest BCUT2D eigenvalue weighted by Gasteiger charge is -2.23. The van der Waals surface area contributed by atoms with Gasteiger partial charge in [-0.1, -0.05) is 0 Å². The fourth-order valence-electron chi connectivity index (χ4n) is 0.957. The number of carboxylic acid groups (broad SMARTS) is 2. The van der Waals surface area contributed by atoms with Crippen molar-refractivity contribution in [3.8, 4) is 0 Å². The lowest BCUT2D eigenvalue weighted by Crippen LogP contribution is -2.48. The second kappa shape index (κ2) is 10.7. The van der Waals surface area contributed by atoms with E-state index in [1.54, 1.807) is 0 Å².